The quantitative estimate of drug-likeness (QED) is 0.593. The molecule has 0 amide bonds. The van der Waals surface area contributed by atoms with Crippen molar-refractivity contribution in [2.24, 2.45) is 0 Å². The minimum absolute atomic E-state index is 0.244. The maximum absolute atomic E-state index is 12.9. The molecule has 9 heteroatoms. The van der Waals surface area contributed by atoms with Crippen LogP contribution < -0.4 is 20.3 Å². The van der Waals surface area contributed by atoms with Crippen LogP contribution in [0.1, 0.15) is 13.3 Å². The summed E-state index contributed by atoms with van der Waals surface area (Å²) in [6.45, 7) is 5.47. The van der Waals surface area contributed by atoms with E-state index < -0.39 is 10.0 Å². The van der Waals surface area contributed by atoms with Crippen molar-refractivity contribution < 1.29 is 18.1 Å². The molecule has 1 fully saturated rings. The largest absolute Gasteiger partial charge is 0.495 e. The summed E-state index contributed by atoms with van der Waals surface area (Å²) < 4.78 is 32.7. The Hall–Kier alpha value is -1.42. The lowest BCUT2D eigenvalue weighted by Gasteiger charge is -2.29. The van der Waals surface area contributed by atoms with Gasteiger partial charge in [-0.05, 0) is 36.8 Å². The Morgan fingerprint density at radius 1 is 1.36 bits per heavy atom. The Morgan fingerprint density at radius 3 is 2.64 bits per heavy atom. The lowest BCUT2D eigenvalue weighted by molar-refractivity contribution is -0.883. The lowest BCUT2D eigenvalue weighted by atomic mass is 10.3. The molecule has 7 nitrogen and oxygen atoms in total. The van der Waals surface area contributed by atoms with Crippen molar-refractivity contribution in [1.82, 2.24) is 9.62 Å². The van der Waals surface area contributed by atoms with Gasteiger partial charge in [0.15, 0.2) is 5.11 Å². The number of hydrogen-bond donors (Lipinski definition) is 3. The summed E-state index contributed by atoms with van der Waals surface area (Å²) in [7, 11) is 0.0902. The molecule has 2 rings (SSSR count). The molecule has 1 aromatic carbocycles. The number of methoxy groups -OCH3 is 1. The van der Waals surface area contributed by atoms with Crippen molar-refractivity contribution in [3.63, 3.8) is 0 Å². The van der Waals surface area contributed by atoms with E-state index in [-0.39, 0.29) is 4.90 Å². The first-order valence-electron chi connectivity index (χ1n) is 8.42. The molecule has 0 radical (unpaired) electrons. The Bertz CT molecular complexity index is 701. The highest BCUT2D eigenvalue weighted by molar-refractivity contribution is 7.89. The van der Waals surface area contributed by atoms with Gasteiger partial charge in [-0.1, -0.05) is 6.92 Å². The number of anilines is 1. The fourth-order valence-corrected chi connectivity index (χ4v) is 4.29. The maximum atomic E-state index is 12.9. The Kier molecular flexibility index (Phi) is 7.00. The van der Waals surface area contributed by atoms with Crippen LogP contribution in [0.2, 0.25) is 0 Å². The number of quaternary nitrogens is 1. The molecule has 0 saturated carbocycles. The van der Waals surface area contributed by atoms with Crippen molar-refractivity contribution >= 4 is 33.0 Å². The summed E-state index contributed by atoms with van der Waals surface area (Å²) in [6.07, 6.45) is 0.943. The number of rotatable bonds is 6. The van der Waals surface area contributed by atoms with E-state index in [9.17, 15) is 8.42 Å². The van der Waals surface area contributed by atoms with Gasteiger partial charge in [-0.25, -0.2) is 8.42 Å². The van der Waals surface area contributed by atoms with Crippen molar-refractivity contribution in [3.05, 3.63) is 18.2 Å². The molecule has 1 saturated heterocycles. The van der Waals surface area contributed by atoms with Crippen LogP contribution in [-0.4, -0.2) is 64.7 Å². The molecule has 0 bridgehead atoms. The fraction of sp³-hybridized carbons (Fsp3) is 0.562. The molecule has 0 aliphatic carbocycles. The SMILES string of the molecule is CCCNC(=S)Nc1cc(S(=O)(=O)N2CC[NH+](C)CC2)ccc1OC. The molecule has 0 spiro atoms. The highest BCUT2D eigenvalue weighted by atomic mass is 32.2. The summed E-state index contributed by atoms with van der Waals surface area (Å²) >= 11 is 5.24. The molecule has 1 aromatic rings. The van der Waals surface area contributed by atoms with Crippen molar-refractivity contribution in [2.45, 2.75) is 18.2 Å². The number of piperazine rings is 1. The van der Waals surface area contributed by atoms with Gasteiger partial charge in [0.05, 0.1) is 50.9 Å². The van der Waals surface area contributed by atoms with Gasteiger partial charge in [-0.3, -0.25) is 0 Å². The smallest absolute Gasteiger partial charge is 0.243 e. The van der Waals surface area contributed by atoms with Gasteiger partial charge in [-0.15, -0.1) is 0 Å². The fourth-order valence-electron chi connectivity index (χ4n) is 2.61. The summed E-state index contributed by atoms with van der Waals surface area (Å²) in [5.74, 6) is 0.544. The van der Waals surface area contributed by atoms with E-state index in [1.54, 1.807) is 29.6 Å². The van der Waals surface area contributed by atoms with Crippen molar-refractivity contribution in [3.8, 4) is 5.75 Å². The average molecular weight is 388 g/mol. The zero-order valence-corrected chi connectivity index (χ0v) is 16.6. The molecule has 25 heavy (non-hydrogen) atoms. The second kappa shape index (κ2) is 8.79. The highest BCUT2D eigenvalue weighted by Gasteiger charge is 2.29. The predicted octanol–water partition coefficient (Wildman–Crippen LogP) is -0.0894. The van der Waals surface area contributed by atoms with E-state index in [2.05, 4.69) is 17.7 Å². The van der Waals surface area contributed by atoms with E-state index in [1.165, 1.54) is 4.90 Å². The third-order valence-electron chi connectivity index (χ3n) is 4.17. The van der Waals surface area contributed by atoms with Crippen LogP contribution in [0, 0.1) is 0 Å². The van der Waals surface area contributed by atoms with Crippen molar-refractivity contribution in [2.75, 3.05) is 52.2 Å². The van der Waals surface area contributed by atoms with E-state index in [0.717, 1.165) is 26.1 Å². The van der Waals surface area contributed by atoms with Crippen LogP contribution in [-0.2, 0) is 10.0 Å². The predicted molar refractivity (Wildman–Crippen MR) is 103 cm³/mol. The molecule has 1 heterocycles. The van der Waals surface area contributed by atoms with Gasteiger partial charge < -0.3 is 20.3 Å². The van der Waals surface area contributed by atoms with Crippen LogP contribution in [0.15, 0.2) is 23.1 Å². The molecule has 140 valence electrons. The Balaban J connectivity index is 2.23. The highest BCUT2D eigenvalue weighted by Crippen LogP contribution is 2.29. The molecule has 1 aliphatic heterocycles. The van der Waals surface area contributed by atoms with E-state index in [1.807, 2.05) is 6.92 Å². The number of sulfonamides is 1. The minimum Gasteiger partial charge on any atom is -0.495 e. The number of thiocarbonyl (C=S) groups is 1. The summed E-state index contributed by atoms with van der Waals surface area (Å²) in [6, 6.07) is 4.81. The van der Waals surface area contributed by atoms with Gasteiger partial charge >= 0.3 is 0 Å². The number of benzene rings is 1. The first-order chi connectivity index (χ1) is 11.9. The van der Waals surface area contributed by atoms with Crippen LogP contribution in [0.25, 0.3) is 0 Å². The number of likely N-dealkylation sites (N-methyl/N-ethyl adjacent to an activating group) is 1. The number of hydrogen-bond acceptors (Lipinski definition) is 4. The molecule has 0 aromatic heterocycles. The molecule has 1 aliphatic rings. The van der Waals surface area contributed by atoms with Crippen LogP contribution >= 0.6 is 12.2 Å². The average Bonchev–Trinajstić information content (AvgIpc) is 2.60. The molecule has 0 unspecified atom stereocenters. The molecule has 0 atom stereocenters. The Morgan fingerprint density at radius 2 is 2.04 bits per heavy atom. The van der Waals surface area contributed by atoms with Crippen LogP contribution in [0.3, 0.4) is 0 Å². The third kappa shape index (κ3) is 5.04. The Labute approximate surface area is 155 Å². The van der Waals surface area contributed by atoms with Gasteiger partial charge in [-0.2, -0.15) is 4.31 Å². The summed E-state index contributed by atoms with van der Waals surface area (Å²) in [5.41, 5.74) is 0.539. The monoisotopic (exact) mass is 387 g/mol. The second-order valence-corrected chi connectivity index (χ2v) is 8.45. The summed E-state index contributed by atoms with van der Waals surface area (Å²) in [5, 5.41) is 6.53. The van der Waals surface area contributed by atoms with Gasteiger partial charge in [0.25, 0.3) is 0 Å². The molecular weight excluding hydrogens is 360 g/mol. The zero-order chi connectivity index (χ0) is 18.4. The number of nitrogens with one attached hydrogen (secondary N) is 3. The lowest BCUT2D eigenvalue weighted by Crippen LogP contribution is -3.12. The van der Waals surface area contributed by atoms with E-state index >= 15 is 0 Å². The van der Waals surface area contributed by atoms with E-state index in [4.69, 9.17) is 17.0 Å². The second-order valence-electron chi connectivity index (χ2n) is 6.10. The number of nitrogens with zero attached hydrogens (tertiary/aromatic N) is 1. The normalized spacial score (nSPS) is 16.4. The topological polar surface area (TPSA) is 75.1 Å². The third-order valence-corrected chi connectivity index (χ3v) is 6.31. The zero-order valence-electron chi connectivity index (χ0n) is 15.0. The summed E-state index contributed by atoms with van der Waals surface area (Å²) in [4.78, 5) is 1.59. The standard InChI is InChI=1S/C16H26N4O3S2/c1-4-7-17-16(24)18-14-12-13(5-6-15(14)23-3)25(21,22)20-10-8-19(2)9-11-20/h5-6,12H,4,7-11H2,1-3H3,(H2,17,18,24)/p+1. The molecule has 3 N–H and O–H groups in total. The number of ether oxygens (including phenoxy) is 1. The van der Waals surface area contributed by atoms with E-state index in [0.29, 0.717) is 29.6 Å². The van der Waals surface area contributed by atoms with Gasteiger partial charge in [0.1, 0.15) is 5.75 Å². The van der Waals surface area contributed by atoms with Crippen LogP contribution in [0.5, 0.6) is 5.75 Å². The van der Waals surface area contributed by atoms with Gasteiger partial charge in [0, 0.05) is 6.54 Å². The minimum atomic E-state index is -3.52. The first-order valence-corrected chi connectivity index (χ1v) is 10.3. The van der Waals surface area contributed by atoms with Gasteiger partial charge in [0.2, 0.25) is 10.0 Å². The first kappa shape index (κ1) is 19.9. The van der Waals surface area contributed by atoms with Crippen LogP contribution in [0.4, 0.5) is 5.69 Å². The van der Waals surface area contributed by atoms with Crippen molar-refractivity contribution in [1.29, 1.82) is 0 Å². The molecular formula is C16H27N4O3S2+. The maximum Gasteiger partial charge on any atom is 0.243 e.